The van der Waals surface area contributed by atoms with Gasteiger partial charge in [-0.3, -0.25) is 9.59 Å². The zero-order valence-corrected chi connectivity index (χ0v) is 16.8. The number of rotatable bonds is 8. The van der Waals surface area contributed by atoms with Crippen molar-refractivity contribution in [3.8, 4) is 17.2 Å². The van der Waals surface area contributed by atoms with Crippen LogP contribution in [0.2, 0.25) is 0 Å². The van der Waals surface area contributed by atoms with Crippen LogP contribution >= 0.6 is 0 Å². The lowest BCUT2D eigenvalue weighted by Crippen LogP contribution is -2.35. The van der Waals surface area contributed by atoms with Gasteiger partial charge in [-0.2, -0.15) is 0 Å². The summed E-state index contributed by atoms with van der Waals surface area (Å²) in [4.78, 5) is 24.6. The van der Waals surface area contributed by atoms with Crippen molar-refractivity contribution in [2.45, 2.75) is 25.0 Å². The van der Waals surface area contributed by atoms with Crippen LogP contribution in [0.25, 0.3) is 0 Å². The number of nitrogens with one attached hydrogen (secondary N) is 2. The van der Waals surface area contributed by atoms with E-state index in [0.717, 1.165) is 6.42 Å². The molecule has 2 atom stereocenters. The minimum atomic E-state index is -0.906. The first kappa shape index (κ1) is 21.0. The molecule has 4 rings (SSSR count). The van der Waals surface area contributed by atoms with E-state index in [1.54, 1.807) is 42.5 Å². The van der Waals surface area contributed by atoms with Crippen LogP contribution < -0.4 is 24.8 Å². The Hall–Kier alpha value is -3.30. The summed E-state index contributed by atoms with van der Waals surface area (Å²) in [6.45, 7) is 0.765. The van der Waals surface area contributed by atoms with Gasteiger partial charge in [0.25, 0.3) is 11.8 Å². The molecular weight excluding hydrogens is 404 g/mol. The molecule has 3 N–H and O–H groups in total. The van der Waals surface area contributed by atoms with Crippen molar-refractivity contribution >= 4 is 17.5 Å². The molecule has 2 aromatic rings. The highest BCUT2D eigenvalue weighted by Gasteiger charge is 2.23. The van der Waals surface area contributed by atoms with Gasteiger partial charge in [-0.1, -0.05) is 6.07 Å². The number of anilines is 1. The van der Waals surface area contributed by atoms with Crippen LogP contribution in [0.5, 0.6) is 17.2 Å². The summed E-state index contributed by atoms with van der Waals surface area (Å²) in [5, 5.41) is 15.6. The smallest absolute Gasteiger partial charge is 0.253 e. The van der Waals surface area contributed by atoms with Crippen molar-refractivity contribution in [2.24, 2.45) is 0 Å². The first-order chi connectivity index (χ1) is 15.1. The molecule has 0 radical (unpaired) electrons. The van der Waals surface area contributed by atoms with E-state index in [4.69, 9.17) is 18.9 Å². The molecule has 0 aliphatic carbocycles. The van der Waals surface area contributed by atoms with E-state index in [-0.39, 0.29) is 31.8 Å². The SMILES string of the molecule is O=C(NCC(O)COc1ccc2c(c1)OCO2)c1cccc(NC(=O)C2CCCO2)c1. The topological polar surface area (TPSA) is 115 Å². The Morgan fingerprint density at radius 2 is 2.03 bits per heavy atom. The number of carbonyl (C=O) groups excluding carboxylic acids is 2. The lowest BCUT2D eigenvalue weighted by Gasteiger charge is -2.14. The van der Waals surface area contributed by atoms with Gasteiger partial charge in [0.2, 0.25) is 6.79 Å². The highest BCUT2D eigenvalue weighted by atomic mass is 16.7. The quantitative estimate of drug-likeness (QED) is 0.586. The van der Waals surface area contributed by atoms with Crippen molar-refractivity contribution < 1.29 is 33.6 Å². The monoisotopic (exact) mass is 428 g/mol. The summed E-state index contributed by atoms with van der Waals surface area (Å²) < 4.78 is 21.4. The van der Waals surface area contributed by atoms with Gasteiger partial charge < -0.3 is 34.7 Å². The molecule has 1 saturated heterocycles. The van der Waals surface area contributed by atoms with E-state index in [0.29, 0.717) is 41.5 Å². The first-order valence-corrected chi connectivity index (χ1v) is 10.1. The number of aliphatic hydroxyl groups is 1. The Morgan fingerprint density at radius 3 is 2.87 bits per heavy atom. The van der Waals surface area contributed by atoms with E-state index in [1.165, 1.54) is 0 Å². The lowest BCUT2D eigenvalue weighted by molar-refractivity contribution is -0.124. The Bertz CT molecular complexity index is 943. The number of amides is 2. The van der Waals surface area contributed by atoms with Gasteiger partial charge in [0.05, 0.1) is 0 Å². The molecule has 2 aromatic carbocycles. The number of carbonyl (C=O) groups is 2. The number of fused-ring (bicyclic) bond motifs is 1. The third-order valence-corrected chi connectivity index (χ3v) is 4.90. The Balaban J connectivity index is 1.24. The summed E-state index contributed by atoms with van der Waals surface area (Å²) in [7, 11) is 0. The number of ether oxygens (including phenoxy) is 4. The summed E-state index contributed by atoms with van der Waals surface area (Å²) >= 11 is 0. The third-order valence-electron chi connectivity index (χ3n) is 4.90. The van der Waals surface area contributed by atoms with Gasteiger partial charge in [-0.05, 0) is 43.2 Å². The molecule has 9 heteroatoms. The van der Waals surface area contributed by atoms with Crippen molar-refractivity contribution in [3.05, 3.63) is 48.0 Å². The summed E-state index contributed by atoms with van der Waals surface area (Å²) in [5.74, 6) is 1.19. The fourth-order valence-corrected chi connectivity index (χ4v) is 3.28. The minimum absolute atomic E-state index is 0.00257. The molecule has 0 bridgehead atoms. The summed E-state index contributed by atoms with van der Waals surface area (Å²) in [6.07, 6.45) is 0.202. The van der Waals surface area contributed by atoms with Gasteiger partial charge in [-0.15, -0.1) is 0 Å². The Kier molecular flexibility index (Phi) is 6.54. The number of aliphatic hydroxyl groups excluding tert-OH is 1. The highest BCUT2D eigenvalue weighted by molar-refractivity contribution is 5.98. The van der Waals surface area contributed by atoms with Gasteiger partial charge in [0, 0.05) is 30.5 Å². The predicted octanol–water partition coefficient (Wildman–Crippen LogP) is 1.70. The number of hydrogen-bond donors (Lipinski definition) is 3. The molecule has 2 unspecified atom stereocenters. The molecule has 2 aliphatic rings. The Morgan fingerprint density at radius 1 is 1.16 bits per heavy atom. The molecule has 2 heterocycles. The highest BCUT2D eigenvalue weighted by Crippen LogP contribution is 2.35. The molecule has 0 aromatic heterocycles. The van der Waals surface area contributed by atoms with Crippen LogP contribution in [-0.2, 0) is 9.53 Å². The van der Waals surface area contributed by atoms with Gasteiger partial charge in [-0.25, -0.2) is 0 Å². The van der Waals surface area contributed by atoms with E-state index in [9.17, 15) is 14.7 Å². The molecule has 2 aliphatic heterocycles. The second-order valence-electron chi connectivity index (χ2n) is 7.26. The van der Waals surface area contributed by atoms with Crippen molar-refractivity contribution in [2.75, 3.05) is 31.9 Å². The molecule has 9 nitrogen and oxygen atoms in total. The van der Waals surface area contributed by atoms with E-state index >= 15 is 0 Å². The first-order valence-electron chi connectivity index (χ1n) is 10.1. The van der Waals surface area contributed by atoms with E-state index in [1.807, 2.05) is 0 Å². The normalized spacial score (nSPS) is 17.8. The average Bonchev–Trinajstić information content (AvgIpc) is 3.48. The molecule has 1 fully saturated rings. The largest absolute Gasteiger partial charge is 0.491 e. The molecule has 0 spiro atoms. The van der Waals surface area contributed by atoms with Crippen molar-refractivity contribution in [1.82, 2.24) is 5.32 Å². The second-order valence-corrected chi connectivity index (χ2v) is 7.26. The van der Waals surface area contributed by atoms with Crippen LogP contribution in [-0.4, -0.2) is 55.7 Å². The van der Waals surface area contributed by atoms with Crippen LogP contribution in [0.1, 0.15) is 23.2 Å². The Labute approximate surface area is 179 Å². The zero-order valence-electron chi connectivity index (χ0n) is 16.8. The molecule has 0 saturated carbocycles. The standard InChI is InChI=1S/C22H24N2O7/c25-16(12-29-17-6-7-18-20(10-17)31-13-30-18)11-23-21(26)14-3-1-4-15(9-14)24-22(27)19-5-2-8-28-19/h1,3-4,6-7,9-10,16,19,25H,2,5,8,11-13H2,(H,23,26)(H,24,27). The van der Waals surface area contributed by atoms with Gasteiger partial charge in [0.1, 0.15) is 24.6 Å². The number of hydrogen-bond acceptors (Lipinski definition) is 7. The molecule has 31 heavy (non-hydrogen) atoms. The maximum atomic E-state index is 12.4. The number of benzene rings is 2. The van der Waals surface area contributed by atoms with Crippen LogP contribution in [0.3, 0.4) is 0 Å². The maximum absolute atomic E-state index is 12.4. The van der Waals surface area contributed by atoms with E-state index < -0.39 is 12.2 Å². The molecule has 2 amide bonds. The van der Waals surface area contributed by atoms with Crippen LogP contribution in [0.4, 0.5) is 5.69 Å². The van der Waals surface area contributed by atoms with Crippen molar-refractivity contribution in [3.63, 3.8) is 0 Å². The lowest BCUT2D eigenvalue weighted by atomic mass is 10.1. The maximum Gasteiger partial charge on any atom is 0.253 e. The van der Waals surface area contributed by atoms with E-state index in [2.05, 4.69) is 10.6 Å². The van der Waals surface area contributed by atoms with Gasteiger partial charge >= 0.3 is 0 Å². The predicted molar refractivity (Wildman–Crippen MR) is 110 cm³/mol. The van der Waals surface area contributed by atoms with Crippen LogP contribution in [0.15, 0.2) is 42.5 Å². The minimum Gasteiger partial charge on any atom is -0.491 e. The summed E-state index contributed by atoms with van der Waals surface area (Å²) in [5.41, 5.74) is 0.883. The fourth-order valence-electron chi connectivity index (χ4n) is 3.28. The zero-order chi connectivity index (χ0) is 21.6. The third kappa shape index (κ3) is 5.44. The fraction of sp³-hybridized carbons (Fsp3) is 0.364. The van der Waals surface area contributed by atoms with Crippen molar-refractivity contribution in [1.29, 1.82) is 0 Å². The van der Waals surface area contributed by atoms with Crippen LogP contribution in [0, 0.1) is 0 Å². The summed E-state index contributed by atoms with van der Waals surface area (Å²) in [6, 6.07) is 11.7. The second kappa shape index (κ2) is 9.67. The molecule has 164 valence electrons. The average molecular weight is 428 g/mol. The molecular formula is C22H24N2O7. The van der Waals surface area contributed by atoms with Gasteiger partial charge in [0.15, 0.2) is 11.5 Å².